The lowest BCUT2D eigenvalue weighted by molar-refractivity contribution is -0.137. The summed E-state index contributed by atoms with van der Waals surface area (Å²) in [6.07, 6.45) is 2.17. The lowest BCUT2D eigenvalue weighted by Gasteiger charge is -2.28. The second-order valence-electron chi connectivity index (χ2n) is 7.27. The lowest BCUT2D eigenvalue weighted by atomic mass is 10.2. The molecule has 1 saturated heterocycles. The largest absolute Gasteiger partial charge is 0.452 e. The maximum absolute atomic E-state index is 12.6. The average molecular weight is 406 g/mol. The minimum atomic E-state index is -3.09. The first kappa shape index (κ1) is 18.9. The number of hydrogen-bond donors (Lipinski definition) is 0. The summed E-state index contributed by atoms with van der Waals surface area (Å²) in [6.45, 7) is 2.22. The predicted octanol–water partition coefficient (Wildman–Crippen LogP) is 0.786. The van der Waals surface area contributed by atoms with Crippen molar-refractivity contribution < 1.29 is 22.7 Å². The van der Waals surface area contributed by atoms with E-state index in [0.717, 1.165) is 18.4 Å². The van der Waals surface area contributed by atoms with Crippen LogP contribution in [-0.4, -0.2) is 70.4 Å². The van der Waals surface area contributed by atoms with Crippen LogP contribution in [0.4, 0.5) is 0 Å². The van der Waals surface area contributed by atoms with Crippen LogP contribution in [0.2, 0.25) is 0 Å². The number of carbonyl (C=O) groups is 2. The van der Waals surface area contributed by atoms with Crippen molar-refractivity contribution in [2.24, 2.45) is 0 Å². The number of aromatic nitrogens is 3. The zero-order valence-electron chi connectivity index (χ0n) is 15.6. The van der Waals surface area contributed by atoms with Gasteiger partial charge in [-0.2, -0.15) is 0 Å². The molecule has 0 unspecified atom stereocenters. The minimum absolute atomic E-state index is 0.00700. The number of esters is 1. The SMILES string of the molecule is CCn1nnc2cc(C(=O)OCC(=O)N(C3CC3)[C@@H]3CCS(=O)(=O)C3)ccc21. The summed E-state index contributed by atoms with van der Waals surface area (Å²) in [6, 6.07) is 4.70. The number of carbonyl (C=O) groups excluding carboxylic acids is 2. The first-order valence-electron chi connectivity index (χ1n) is 9.40. The van der Waals surface area contributed by atoms with Crippen molar-refractivity contribution in [2.45, 2.75) is 44.8 Å². The van der Waals surface area contributed by atoms with Gasteiger partial charge in [-0.05, 0) is 44.4 Å². The molecule has 2 heterocycles. The molecule has 2 aliphatic rings. The summed E-state index contributed by atoms with van der Waals surface area (Å²) >= 11 is 0. The first-order valence-corrected chi connectivity index (χ1v) is 11.2. The third-order valence-corrected chi connectivity index (χ3v) is 6.96. The second-order valence-corrected chi connectivity index (χ2v) is 9.50. The zero-order chi connectivity index (χ0) is 19.9. The fraction of sp³-hybridized carbons (Fsp3) is 0.556. The summed E-state index contributed by atoms with van der Waals surface area (Å²) in [5.74, 6) is -0.855. The van der Waals surface area contributed by atoms with Gasteiger partial charge in [-0.3, -0.25) is 4.79 Å². The number of hydrogen-bond acceptors (Lipinski definition) is 7. The van der Waals surface area contributed by atoms with Gasteiger partial charge in [0.25, 0.3) is 5.91 Å². The summed E-state index contributed by atoms with van der Waals surface area (Å²) < 4.78 is 30.4. The van der Waals surface area contributed by atoms with Gasteiger partial charge in [-0.1, -0.05) is 5.21 Å². The molecule has 0 spiro atoms. The summed E-state index contributed by atoms with van der Waals surface area (Å²) in [5, 5.41) is 8.02. The number of rotatable bonds is 6. The van der Waals surface area contributed by atoms with Crippen molar-refractivity contribution in [3.05, 3.63) is 23.8 Å². The Balaban J connectivity index is 1.41. The van der Waals surface area contributed by atoms with Crippen molar-refractivity contribution in [1.82, 2.24) is 19.9 Å². The van der Waals surface area contributed by atoms with Crippen LogP contribution in [0.3, 0.4) is 0 Å². The molecule has 1 aromatic heterocycles. The number of fused-ring (bicyclic) bond motifs is 1. The fourth-order valence-corrected chi connectivity index (χ4v) is 5.38. The molecule has 2 fully saturated rings. The predicted molar refractivity (Wildman–Crippen MR) is 100 cm³/mol. The molecule has 9 nitrogen and oxygen atoms in total. The monoisotopic (exact) mass is 406 g/mol. The molecule has 10 heteroatoms. The first-order chi connectivity index (χ1) is 13.4. The van der Waals surface area contributed by atoms with Crippen molar-refractivity contribution in [3.8, 4) is 0 Å². The van der Waals surface area contributed by atoms with E-state index in [4.69, 9.17) is 4.74 Å². The molecule has 150 valence electrons. The Bertz CT molecular complexity index is 1030. The van der Waals surface area contributed by atoms with Gasteiger partial charge in [-0.25, -0.2) is 17.9 Å². The number of ether oxygens (including phenoxy) is 1. The lowest BCUT2D eigenvalue weighted by Crippen LogP contribution is -2.44. The van der Waals surface area contributed by atoms with Gasteiger partial charge in [0, 0.05) is 18.6 Å². The second kappa shape index (κ2) is 7.16. The molecule has 1 amide bonds. The number of sulfone groups is 1. The van der Waals surface area contributed by atoms with E-state index in [1.807, 2.05) is 6.92 Å². The van der Waals surface area contributed by atoms with Crippen molar-refractivity contribution in [2.75, 3.05) is 18.1 Å². The number of aryl methyl sites for hydroxylation is 1. The molecule has 1 saturated carbocycles. The molecule has 0 bridgehead atoms. The van der Waals surface area contributed by atoms with Gasteiger partial charge in [0.15, 0.2) is 16.4 Å². The van der Waals surface area contributed by atoms with E-state index < -0.39 is 22.4 Å². The molecule has 1 aliphatic carbocycles. The number of amides is 1. The highest BCUT2D eigenvalue weighted by Crippen LogP contribution is 2.32. The highest BCUT2D eigenvalue weighted by molar-refractivity contribution is 7.91. The van der Waals surface area contributed by atoms with E-state index in [1.165, 1.54) is 0 Å². The van der Waals surface area contributed by atoms with E-state index in [0.29, 0.717) is 24.0 Å². The van der Waals surface area contributed by atoms with Crippen LogP contribution in [0.15, 0.2) is 18.2 Å². The van der Waals surface area contributed by atoms with E-state index >= 15 is 0 Å². The Morgan fingerprint density at radius 1 is 1.25 bits per heavy atom. The molecule has 2 aromatic rings. The van der Waals surface area contributed by atoms with E-state index in [-0.39, 0.29) is 29.5 Å². The maximum Gasteiger partial charge on any atom is 0.338 e. The van der Waals surface area contributed by atoms with Crippen molar-refractivity contribution >= 4 is 32.7 Å². The Kier molecular flexibility index (Phi) is 4.82. The van der Waals surface area contributed by atoms with E-state index in [1.54, 1.807) is 27.8 Å². The Morgan fingerprint density at radius 2 is 2.04 bits per heavy atom. The van der Waals surface area contributed by atoms with Crippen LogP contribution in [0.25, 0.3) is 11.0 Å². The van der Waals surface area contributed by atoms with Gasteiger partial charge in [-0.15, -0.1) is 5.10 Å². The molecule has 4 rings (SSSR count). The Labute approximate surface area is 162 Å². The number of nitrogens with zero attached hydrogens (tertiary/aromatic N) is 4. The molecule has 0 N–H and O–H groups in total. The highest BCUT2D eigenvalue weighted by Gasteiger charge is 2.42. The normalized spacial score (nSPS) is 21.0. The van der Waals surface area contributed by atoms with Crippen molar-refractivity contribution in [1.29, 1.82) is 0 Å². The quantitative estimate of drug-likeness (QED) is 0.652. The summed E-state index contributed by atoms with van der Waals surface area (Å²) in [4.78, 5) is 26.6. The molecule has 1 aliphatic heterocycles. The fourth-order valence-electron chi connectivity index (χ4n) is 3.67. The zero-order valence-corrected chi connectivity index (χ0v) is 16.4. The standard InChI is InChI=1S/C18H22N4O5S/c1-2-21-16-6-3-12(9-15(16)19-20-21)18(24)27-10-17(23)22(13-4-5-13)14-7-8-28(25,26)11-14/h3,6,9,13-14H,2,4-5,7-8,10-11H2,1H3/t14-/m1/s1. The summed E-state index contributed by atoms with van der Waals surface area (Å²) in [7, 11) is -3.09. The molecule has 1 atom stereocenters. The Hall–Kier alpha value is -2.49. The van der Waals surface area contributed by atoms with Gasteiger partial charge in [0.2, 0.25) is 0 Å². The third-order valence-electron chi connectivity index (χ3n) is 5.21. The van der Waals surface area contributed by atoms with Gasteiger partial charge >= 0.3 is 5.97 Å². The van der Waals surface area contributed by atoms with Crippen LogP contribution in [0.5, 0.6) is 0 Å². The topological polar surface area (TPSA) is 111 Å². The number of benzene rings is 1. The molecular weight excluding hydrogens is 384 g/mol. The molecule has 28 heavy (non-hydrogen) atoms. The van der Waals surface area contributed by atoms with Crippen LogP contribution in [-0.2, 0) is 25.9 Å². The van der Waals surface area contributed by atoms with Crippen LogP contribution in [0, 0.1) is 0 Å². The average Bonchev–Trinajstić information content (AvgIpc) is 3.31. The maximum atomic E-state index is 12.6. The van der Waals surface area contributed by atoms with Gasteiger partial charge in [0.05, 0.1) is 22.6 Å². The van der Waals surface area contributed by atoms with Gasteiger partial charge < -0.3 is 9.64 Å². The van der Waals surface area contributed by atoms with Crippen LogP contribution < -0.4 is 0 Å². The molecule has 1 aromatic carbocycles. The smallest absolute Gasteiger partial charge is 0.338 e. The van der Waals surface area contributed by atoms with E-state index in [2.05, 4.69) is 10.3 Å². The Morgan fingerprint density at radius 3 is 2.68 bits per heavy atom. The van der Waals surface area contributed by atoms with Gasteiger partial charge in [0.1, 0.15) is 5.52 Å². The highest BCUT2D eigenvalue weighted by atomic mass is 32.2. The molecule has 0 radical (unpaired) electrons. The summed E-state index contributed by atoms with van der Waals surface area (Å²) in [5.41, 5.74) is 1.70. The van der Waals surface area contributed by atoms with Crippen molar-refractivity contribution in [3.63, 3.8) is 0 Å². The van der Waals surface area contributed by atoms with Crippen LogP contribution in [0.1, 0.15) is 36.5 Å². The minimum Gasteiger partial charge on any atom is -0.452 e. The third kappa shape index (κ3) is 3.73. The van der Waals surface area contributed by atoms with Crippen LogP contribution >= 0.6 is 0 Å². The molecular formula is C18H22N4O5S. The van der Waals surface area contributed by atoms with E-state index in [9.17, 15) is 18.0 Å².